The highest BCUT2D eigenvalue weighted by Crippen LogP contribution is 2.10. The molecule has 1 aromatic rings. The maximum Gasteiger partial charge on any atom is 0.119 e. The van der Waals surface area contributed by atoms with E-state index in [9.17, 15) is 0 Å². The Morgan fingerprint density at radius 3 is 2.47 bits per heavy atom. The first-order chi connectivity index (χ1) is 8.33. The van der Waals surface area contributed by atoms with Crippen LogP contribution in [0.15, 0.2) is 30.3 Å². The summed E-state index contributed by atoms with van der Waals surface area (Å²) in [7, 11) is 0. The lowest BCUT2D eigenvalue weighted by atomic mass is 10.1. The first-order valence-electron chi connectivity index (χ1n) is 6.37. The molecular formula is C14H23NOS. The van der Waals surface area contributed by atoms with E-state index in [0.29, 0.717) is 0 Å². The van der Waals surface area contributed by atoms with Crippen LogP contribution in [-0.4, -0.2) is 18.4 Å². The van der Waals surface area contributed by atoms with E-state index in [0.717, 1.165) is 31.0 Å². The van der Waals surface area contributed by atoms with Gasteiger partial charge in [-0.2, -0.15) is 12.6 Å². The van der Waals surface area contributed by atoms with E-state index in [1.165, 1.54) is 19.3 Å². The highest BCUT2D eigenvalue weighted by Gasteiger charge is 1.98. The van der Waals surface area contributed by atoms with Gasteiger partial charge in [0.05, 0.1) is 6.61 Å². The van der Waals surface area contributed by atoms with Crippen molar-refractivity contribution in [3.63, 3.8) is 0 Å². The van der Waals surface area contributed by atoms with E-state index in [1.807, 2.05) is 30.3 Å². The minimum absolute atomic E-state index is 0.263. The lowest BCUT2D eigenvalue weighted by Crippen LogP contribution is -2.21. The average molecular weight is 253 g/mol. The van der Waals surface area contributed by atoms with E-state index < -0.39 is 0 Å². The normalized spacial score (nSPS) is 12.4. The maximum atomic E-state index is 5.79. The molecule has 96 valence electrons. The zero-order valence-electron chi connectivity index (χ0n) is 10.3. The second kappa shape index (κ2) is 9.37. The minimum Gasteiger partial charge on any atom is -0.494 e. The molecule has 0 saturated carbocycles. The first-order valence-corrected chi connectivity index (χ1v) is 7.00. The minimum atomic E-state index is 0.263. The summed E-state index contributed by atoms with van der Waals surface area (Å²) in [5.41, 5.74) is 5.79. The van der Waals surface area contributed by atoms with Crippen LogP contribution in [0.1, 0.15) is 32.1 Å². The van der Waals surface area contributed by atoms with Gasteiger partial charge in [-0.15, -0.1) is 0 Å². The number of rotatable bonds is 9. The third-order valence-corrected chi connectivity index (χ3v) is 3.18. The Hall–Kier alpha value is -0.670. The Morgan fingerprint density at radius 2 is 1.76 bits per heavy atom. The van der Waals surface area contributed by atoms with Gasteiger partial charge in [-0.3, -0.25) is 0 Å². The monoisotopic (exact) mass is 253 g/mol. The second-order valence-corrected chi connectivity index (χ2v) is 4.67. The van der Waals surface area contributed by atoms with Crippen LogP contribution in [0.4, 0.5) is 0 Å². The van der Waals surface area contributed by atoms with Gasteiger partial charge in [0.2, 0.25) is 0 Å². The van der Waals surface area contributed by atoms with Gasteiger partial charge >= 0.3 is 0 Å². The van der Waals surface area contributed by atoms with Gasteiger partial charge in [0, 0.05) is 11.8 Å². The molecule has 0 bridgehead atoms. The van der Waals surface area contributed by atoms with Crippen LogP contribution in [-0.2, 0) is 0 Å². The smallest absolute Gasteiger partial charge is 0.119 e. The molecule has 0 aliphatic rings. The highest BCUT2D eigenvalue weighted by atomic mass is 32.1. The van der Waals surface area contributed by atoms with Crippen molar-refractivity contribution in [2.75, 3.05) is 12.4 Å². The molecule has 2 N–H and O–H groups in total. The van der Waals surface area contributed by atoms with E-state index >= 15 is 0 Å². The summed E-state index contributed by atoms with van der Waals surface area (Å²) in [6.45, 7) is 0.808. The van der Waals surface area contributed by atoms with Gasteiger partial charge in [0.25, 0.3) is 0 Å². The standard InChI is InChI=1S/C14H23NOS/c15-13(12-17)8-4-1-2-7-11-16-14-9-5-3-6-10-14/h3,5-6,9-10,13,17H,1-2,4,7-8,11-12,15H2/t13-/m0/s1. The van der Waals surface area contributed by atoms with Crippen molar-refractivity contribution in [1.29, 1.82) is 0 Å². The number of unbranched alkanes of at least 4 members (excludes halogenated alkanes) is 3. The van der Waals surface area contributed by atoms with Gasteiger partial charge in [0.15, 0.2) is 0 Å². The number of benzene rings is 1. The third kappa shape index (κ3) is 7.29. The van der Waals surface area contributed by atoms with Crippen molar-refractivity contribution in [3.8, 4) is 5.75 Å². The molecule has 0 aliphatic heterocycles. The van der Waals surface area contributed by atoms with Gasteiger partial charge in [-0.25, -0.2) is 0 Å². The van der Waals surface area contributed by atoms with Crippen LogP contribution in [0.3, 0.4) is 0 Å². The summed E-state index contributed by atoms with van der Waals surface area (Å²) in [6, 6.07) is 10.2. The van der Waals surface area contributed by atoms with Crippen LogP contribution in [0.2, 0.25) is 0 Å². The average Bonchev–Trinajstić information content (AvgIpc) is 2.38. The van der Waals surface area contributed by atoms with Crippen molar-refractivity contribution in [1.82, 2.24) is 0 Å². The fourth-order valence-electron chi connectivity index (χ4n) is 1.66. The number of para-hydroxylation sites is 1. The summed E-state index contributed by atoms with van der Waals surface area (Å²) >= 11 is 4.17. The van der Waals surface area contributed by atoms with E-state index in [4.69, 9.17) is 10.5 Å². The fraction of sp³-hybridized carbons (Fsp3) is 0.571. The predicted molar refractivity (Wildman–Crippen MR) is 76.9 cm³/mol. The van der Waals surface area contributed by atoms with E-state index in [1.54, 1.807) is 0 Å². The van der Waals surface area contributed by atoms with Crippen molar-refractivity contribution < 1.29 is 4.74 Å². The molecule has 0 heterocycles. The Labute approximate surface area is 110 Å². The Morgan fingerprint density at radius 1 is 1.06 bits per heavy atom. The second-order valence-electron chi connectivity index (χ2n) is 4.31. The molecule has 17 heavy (non-hydrogen) atoms. The quantitative estimate of drug-likeness (QED) is 0.523. The summed E-state index contributed by atoms with van der Waals surface area (Å²) in [4.78, 5) is 0. The summed E-state index contributed by atoms with van der Waals surface area (Å²) in [5.74, 6) is 1.75. The molecule has 3 heteroatoms. The SMILES string of the molecule is N[C@H](CS)CCCCCCOc1ccccc1. The number of nitrogens with two attached hydrogens (primary N) is 1. The largest absolute Gasteiger partial charge is 0.494 e. The third-order valence-electron chi connectivity index (χ3n) is 2.72. The Balaban J connectivity index is 1.91. The van der Waals surface area contributed by atoms with E-state index in [2.05, 4.69) is 12.6 Å². The molecule has 0 unspecified atom stereocenters. The molecule has 0 amide bonds. The molecule has 0 radical (unpaired) electrons. The van der Waals surface area contributed by atoms with Crippen molar-refractivity contribution in [2.45, 2.75) is 38.1 Å². The van der Waals surface area contributed by atoms with Gasteiger partial charge < -0.3 is 10.5 Å². The molecular weight excluding hydrogens is 230 g/mol. The molecule has 0 aliphatic carbocycles. The number of hydrogen-bond acceptors (Lipinski definition) is 3. The highest BCUT2D eigenvalue weighted by molar-refractivity contribution is 7.80. The Bertz CT molecular complexity index is 279. The van der Waals surface area contributed by atoms with E-state index in [-0.39, 0.29) is 6.04 Å². The van der Waals surface area contributed by atoms with Crippen LogP contribution in [0.5, 0.6) is 5.75 Å². The zero-order chi connectivity index (χ0) is 12.3. The number of hydrogen-bond donors (Lipinski definition) is 2. The van der Waals surface area contributed by atoms with Crippen molar-refractivity contribution in [2.24, 2.45) is 5.73 Å². The fourth-order valence-corrected chi connectivity index (χ4v) is 1.84. The summed E-state index contributed by atoms with van der Waals surface area (Å²) in [6.07, 6.45) is 5.85. The lowest BCUT2D eigenvalue weighted by molar-refractivity contribution is 0.304. The van der Waals surface area contributed by atoms with Crippen LogP contribution < -0.4 is 10.5 Å². The number of ether oxygens (including phenoxy) is 1. The first kappa shape index (κ1) is 14.4. The molecule has 0 saturated heterocycles. The van der Waals surface area contributed by atoms with Crippen molar-refractivity contribution >= 4 is 12.6 Å². The van der Waals surface area contributed by atoms with Crippen LogP contribution in [0, 0.1) is 0 Å². The molecule has 1 rings (SSSR count). The van der Waals surface area contributed by atoms with Crippen LogP contribution >= 0.6 is 12.6 Å². The summed E-state index contributed by atoms with van der Waals surface area (Å²) < 4.78 is 5.62. The number of thiol groups is 1. The molecule has 1 aromatic carbocycles. The Kier molecular flexibility index (Phi) is 7.93. The molecule has 0 aromatic heterocycles. The van der Waals surface area contributed by atoms with Crippen LogP contribution in [0.25, 0.3) is 0 Å². The topological polar surface area (TPSA) is 35.2 Å². The van der Waals surface area contributed by atoms with Gasteiger partial charge in [-0.05, 0) is 25.0 Å². The van der Waals surface area contributed by atoms with Crippen molar-refractivity contribution in [3.05, 3.63) is 30.3 Å². The lowest BCUT2D eigenvalue weighted by Gasteiger charge is -2.08. The molecule has 1 atom stereocenters. The zero-order valence-corrected chi connectivity index (χ0v) is 11.2. The van der Waals surface area contributed by atoms with Gasteiger partial charge in [-0.1, -0.05) is 37.5 Å². The maximum absolute atomic E-state index is 5.79. The molecule has 2 nitrogen and oxygen atoms in total. The predicted octanol–water partition coefficient (Wildman–Crippen LogP) is 3.27. The van der Waals surface area contributed by atoms with Gasteiger partial charge in [0.1, 0.15) is 5.75 Å². The molecule has 0 spiro atoms. The summed E-state index contributed by atoms with van der Waals surface area (Å²) in [5, 5.41) is 0. The molecule has 0 fully saturated rings.